The summed E-state index contributed by atoms with van der Waals surface area (Å²) in [5.41, 5.74) is 0.830. The van der Waals surface area contributed by atoms with Gasteiger partial charge in [0.2, 0.25) is 5.91 Å². The van der Waals surface area contributed by atoms with Crippen molar-refractivity contribution in [3.05, 3.63) is 29.8 Å². The SMILES string of the molecule is COc1cccc(C2NC(C)(C)CNC2=O)c1. The third-order valence-corrected chi connectivity index (χ3v) is 2.93. The zero-order valence-corrected chi connectivity index (χ0v) is 10.4. The third kappa shape index (κ3) is 2.58. The number of hydrogen-bond donors (Lipinski definition) is 2. The average molecular weight is 234 g/mol. The largest absolute Gasteiger partial charge is 0.497 e. The van der Waals surface area contributed by atoms with E-state index in [1.54, 1.807) is 7.11 Å². The Bertz CT molecular complexity index is 429. The van der Waals surface area contributed by atoms with Crippen LogP contribution in [0.3, 0.4) is 0 Å². The standard InChI is InChI=1S/C13H18N2O2/c1-13(2)8-14-12(16)11(15-13)9-5-4-6-10(7-9)17-3/h4-7,11,15H,8H2,1-3H3,(H,14,16). The van der Waals surface area contributed by atoms with Gasteiger partial charge in [-0.05, 0) is 31.5 Å². The van der Waals surface area contributed by atoms with Crippen LogP contribution in [0.2, 0.25) is 0 Å². The first-order valence-electron chi connectivity index (χ1n) is 5.71. The van der Waals surface area contributed by atoms with E-state index < -0.39 is 0 Å². The number of methoxy groups -OCH3 is 1. The van der Waals surface area contributed by atoms with Gasteiger partial charge in [-0.25, -0.2) is 0 Å². The molecule has 2 N–H and O–H groups in total. The minimum Gasteiger partial charge on any atom is -0.497 e. The second-order valence-corrected chi connectivity index (χ2v) is 4.96. The van der Waals surface area contributed by atoms with Crippen LogP contribution in [-0.4, -0.2) is 25.1 Å². The number of amides is 1. The van der Waals surface area contributed by atoms with E-state index in [0.29, 0.717) is 6.54 Å². The summed E-state index contributed by atoms with van der Waals surface area (Å²) in [6.45, 7) is 4.78. The smallest absolute Gasteiger partial charge is 0.241 e. The number of rotatable bonds is 2. The van der Waals surface area contributed by atoms with Crippen molar-refractivity contribution in [1.29, 1.82) is 0 Å². The van der Waals surface area contributed by atoms with Gasteiger partial charge in [-0.15, -0.1) is 0 Å². The molecule has 1 saturated heterocycles. The minimum absolute atomic E-state index is 0.0116. The minimum atomic E-state index is -0.311. The molecule has 2 rings (SSSR count). The summed E-state index contributed by atoms with van der Waals surface area (Å²) in [5.74, 6) is 0.776. The fraction of sp³-hybridized carbons (Fsp3) is 0.462. The van der Waals surface area contributed by atoms with Gasteiger partial charge in [0.1, 0.15) is 11.8 Å². The maximum absolute atomic E-state index is 11.9. The zero-order chi connectivity index (χ0) is 12.5. The van der Waals surface area contributed by atoms with Crippen LogP contribution >= 0.6 is 0 Å². The van der Waals surface area contributed by atoms with Crippen molar-refractivity contribution in [2.24, 2.45) is 0 Å². The van der Waals surface area contributed by atoms with Gasteiger partial charge in [0, 0.05) is 12.1 Å². The number of hydrogen-bond acceptors (Lipinski definition) is 3. The molecular formula is C13H18N2O2. The monoisotopic (exact) mass is 234 g/mol. The predicted octanol–water partition coefficient (Wildman–Crippen LogP) is 1.23. The van der Waals surface area contributed by atoms with Crippen LogP contribution < -0.4 is 15.4 Å². The lowest BCUT2D eigenvalue weighted by Crippen LogP contribution is -2.59. The van der Waals surface area contributed by atoms with Crippen molar-refractivity contribution in [3.63, 3.8) is 0 Å². The number of piperazine rings is 1. The Kier molecular flexibility index (Phi) is 3.07. The van der Waals surface area contributed by atoms with Gasteiger partial charge >= 0.3 is 0 Å². The van der Waals surface area contributed by atoms with E-state index in [1.165, 1.54) is 0 Å². The van der Waals surface area contributed by atoms with Gasteiger partial charge in [0.15, 0.2) is 0 Å². The van der Waals surface area contributed by atoms with Gasteiger partial charge in [-0.2, -0.15) is 0 Å². The highest BCUT2D eigenvalue weighted by Crippen LogP contribution is 2.23. The number of carbonyl (C=O) groups is 1. The van der Waals surface area contributed by atoms with Crippen molar-refractivity contribution in [3.8, 4) is 5.75 Å². The van der Waals surface area contributed by atoms with E-state index in [1.807, 2.05) is 24.3 Å². The fourth-order valence-corrected chi connectivity index (χ4v) is 1.97. The van der Waals surface area contributed by atoms with Crippen molar-refractivity contribution < 1.29 is 9.53 Å². The predicted molar refractivity (Wildman–Crippen MR) is 66.0 cm³/mol. The van der Waals surface area contributed by atoms with E-state index in [9.17, 15) is 4.79 Å². The van der Waals surface area contributed by atoms with Gasteiger partial charge < -0.3 is 10.1 Å². The first-order valence-corrected chi connectivity index (χ1v) is 5.71. The van der Waals surface area contributed by atoms with E-state index in [2.05, 4.69) is 24.5 Å². The van der Waals surface area contributed by atoms with Crippen molar-refractivity contribution in [1.82, 2.24) is 10.6 Å². The van der Waals surface area contributed by atoms with Crippen LogP contribution in [0.4, 0.5) is 0 Å². The molecule has 0 radical (unpaired) electrons. The molecule has 1 aliphatic rings. The molecule has 4 heteroatoms. The van der Waals surface area contributed by atoms with Crippen LogP contribution in [0.15, 0.2) is 24.3 Å². The fourth-order valence-electron chi connectivity index (χ4n) is 1.97. The van der Waals surface area contributed by atoms with E-state index in [0.717, 1.165) is 11.3 Å². The summed E-state index contributed by atoms with van der Waals surface area (Å²) in [6, 6.07) is 7.27. The number of nitrogens with one attached hydrogen (secondary N) is 2. The lowest BCUT2D eigenvalue weighted by molar-refractivity contribution is -0.126. The maximum Gasteiger partial charge on any atom is 0.241 e. The molecule has 1 amide bonds. The molecule has 1 aromatic rings. The maximum atomic E-state index is 11.9. The Balaban J connectivity index is 2.27. The number of carbonyl (C=O) groups excluding carboxylic acids is 1. The van der Waals surface area contributed by atoms with E-state index >= 15 is 0 Å². The Morgan fingerprint density at radius 1 is 1.41 bits per heavy atom. The second kappa shape index (κ2) is 4.37. The number of benzene rings is 1. The summed E-state index contributed by atoms with van der Waals surface area (Å²) < 4.78 is 5.17. The van der Waals surface area contributed by atoms with Crippen LogP contribution in [0.25, 0.3) is 0 Å². The molecule has 1 atom stereocenters. The summed E-state index contributed by atoms with van der Waals surface area (Å²) >= 11 is 0. The Labute approximate surface area is 101 Å². The summed E-state index contributed by atoms with van der Waals surface area (Å²) in [6.07, 6.45) is 0. The summed E-state index contributed by atoms with van der Waals surface area (Å²) in [5, 5.41) is 6.26. The van der Waals surface area contributed by atoms with Gasteiger partial charge in [0.05, 0.1) is 7.11 Å². The highest BCUT2D eigenvalue weighted by molar-refractivity contribution is 5.84. The molecule has 1 aromatic carbocycles. The third-order valence-electron chi connectivity index (χ3n) is 2.93. The van der Waals surface area contributed by atoms with Crippen LogP contribution in [0, 0.1) is 0 Å². The second-order valence-electron chi connectivity index (χ2n) is 4.96. The Morgan fingerprint density at radius 3 is 2.88 bits per heavy atom. The molecule has 0 bridgehead atoms. The number of ether oxygens (including phenoxy) is 1. The lowest BCUT2D eigenvalue weighted by Gasteiger charge is -2.37. The van der Waals surface area contributed by atoms with Gasteiger partial charge in [-0.3, -0.25) is 10.1 Å². The highest BCUT2D eigenvalue weighted by Gasteiger charge is 2.33. The van der Waals surface area contributed by atoms with E-state index in [4.69, 9.17) is 4.74 Å². The van der Waals surface area contributed by atoms with E-state index in [-0.39, 0.29) is 17.5 Å². The van der Waals surface area contributed by atoms with Crippen molar-refractivity contribution in [2.45, 2.75) is 25.4 Å². The molecule has 0 spiro atoms. The Hall–Kier alpha value is -1.55. The van der Waals surface area contributed by atoms with Crippen molar-refractivity contribution >= 4 is 5.91 Å². The average Bonchev–Trinajstić information content (AvgIpc) is 2.32. The summed E-state index contributed by atoms with van der Waals surface area (Å²) in [7, 11) is 1.62. The molecular weight excluding hydrogens is 216 g/mol. The first-order chi connectivity index (χ1) is 8.02. The normalized spacial score (nSPS) is 23.0. The van der Waals surface area contributed by atoms with Crippen LogP contribution in [-0.2, 0) is 4.79 Å². The van der Waals surface area contributed by atoms with Crippen LogP contribution in [0.5, 0.6) is 5.75 Å². The molecule has 0 aromatic heterocycles. The van der Waals surface area contributed by atoms with Gasteiger partial charge in [-0.1, -0.05) is 12.1 Å². The van der Waals surface area contributed by atoms with Crippen LogP contribution in [0.1, 0.15) is 25.5 Å². The first kappa shape index (κ1) is 11.9. The molecule has 0 aliphatic carbocycles. The molecule has 0 saturated carbocycles. The highest BCUT2D eigenvalue weighted by atomic mass is 16.5. The molecule has 92 valence electrons. The molecule has 17 heavy (non-hydrogen) atoms. The molecule has 1 aliphatic heterocycles. The topological polar surface area (TPSA) is 50.4 Å². The molecule has 1 heterocycles. The zero-order valence-electron chi connectivity index (χ0n) is 10.4. The quantitative estimate of drug-likeness (QED) is 0.809. The van der Waals surface area contributed by atoms with Gasteiger partial charge in [0.25, 0.3) is 0 Å². The lowest BCUT2D eigenvalue weighted by atomic mass is 9.95. The molecule has 1 unspecified atom stereocenters. The molecule has 1 fully saturated rings. The Morgan fingerprint density at radius 2 is 2.18 bits per heavy atom. The van der Waals surface area contributed by atoms with Crippen molar-refractivity contribution in [2.75, 3.05) is 13.7 Å². The molecule has 4 nitrogen and oxygen atoms in total. The summed E-state index contributed by atoms with van der Waals surface area (Å²) in [4.78, 5) is 11.9.